The Kier molecular flexibility index (Phi) is 6.45. The van der Waals surface area contributed by atoms with Crippen LogP contribution in [0.1, 0.15) is 22.0 Å². The second kappa shape index (κ2) is 8.50. The van der Waals surface area contributed by atoms with E-state index in [-0.39, 0.29) is 18.3 Å². The maximum Gasteiger partial charge on any atom is 0.253 e. The molecule has 0 aliphatic carbocycles. The molecular formula is C21H23Cl3N2O2. The molecule has 4 rings (SSSR count). The number of fused-ring (bicyclic) bond motifs is 1. The summed E-state index contributed by atoms with van der Waals surface area (Å²) in [5.74, 6) is 1.79. The number of ether oxygens (including phenoxy) is 1. The molecule has 2 aliphatic heterocycles. The fraction of sp³-hybridized carbons (Fsp3) is 0.381. The van der Waals surface area contributed by atoms with Gasteiger partial charge in [0.1, 0.15) is 5.75 Å². The molecule has 0 N–H and O–H groups in total. The van der Waals surface area contributed by atoms with Crippen molar-refractivity contribution in [2.24, 2.45) is 11.8 Å². The third-order valence-corrected chi connectivity index (χ3v) is 6.54. The third-order valence-electron chi connectivity index (χ3n) is 5.81. The highest BCUT2D eigenvalue weighted by atomic mass is 35.5. The number of hydrogen-bond donors (Lipinski definition) is 0. The van der Waals surface area contributed by atoms with E-state index in [4.69, 9.17) is 27.9 Å². The molecule has 2 aromatic carbocycles. The van der Waals surface area contributed by atoms with Gasteiger partial charge in [-0.15, -0.1) is 12.4 Å². The zero-order chi connectivity index (χ0) is 19.1. The van der Waals surface area contributed by atoms with Crippen LogP contribution in [-0.4, -0.2) is 49.5 Å². The summed E-state index contributed by atoms with van der Waals surface area (Å²) >= 11 is 12.1. The van der Waals surface area contributed by atoms with Gasteiger partial charge in [-0.05, 0) is 48.9 Å². The van der Waals surface area contributed by atoms with Gasteiger partial charge in [0.2, 0.25) is 0 Å². The number of amides is 1. The van der Waals surface area contributed by atoms with Gasteiger partial charge in [-0.25, -0.2) is 0 Å². The van der Waals surface area contributed by atoms with Crippen LogP contribution in [0.4, 0.5) is 0 Å². The minimum atomic E-state index is 0. The van der Waals surface area contributed by atoms with Gasteiger partial charge in [-0.1, -0.05) is 35.3 Å². The number of benzene rings is 2. The summed E-state index contributed by atoms with van der Waals surface area (Å²) in [5.41, 5.74) is 1.87. The van der Waals surface area contributed by atoms with Crippen LogP contribution in [-0.2, 0) is 0 Å². The van der Waals surface area contributed by atoms with Gasteiger partial charge in [0.15, 0.2) is 0 Å². The summed E-state index contributed by atoms with van der Waals surface area (Å²) in [6.45, 7) is 2.53. The van der Waals surface area contributed by atoms with Gasteiger partial charge in [-0.2, -0.15) is 0 Å². The predicted octanol–water partition coefficient (Wildman–Crippen LogP) is 4.80. The Balaban J connectivity index is 0.00000225. The average molecular weight is 442 g/mol. The second-order valence-corrected chi connectivity index (χ2v) is 8.23. The van der Waals surface area contributed by atoms with Crippen molar-refractivity contribution in [3.63, 3.8) is 0 Å². The number of rotatable bonds is 3. The Morgan fingerprint density at radius 2 is 1.75 bits per heavy atom. The Morgan fingerprint density at radius 1 is 1.04 bits per heavy atom. The molecule has 2 aliphatic rings. The SMILES string of the molecule is COc1ccc([C@H]2[C@@H]3CN(C(=O)c4ccc(Cl)c(Cl)c4)C[C@@H]3CN2C)cc1.Cl. The summed E-state index contributed by atoms with van der Waals surface area (Å²) in [6, 6.07) is 13.7. The van der Waals surface area contributed by atoms with Crippen LogP contribution in [0, 0.1) is 11.8 Å². The third kappa shape index (κ3) is 3.84. The summed E-state index contributed by atoms with van der Waals surface area (Å²) in [7, 11) is 3.84. The fourth-order valence-corrected chi connectivity index (χ4v) is 4.84. The minimum absolute atomic E-state index is 0. The lowest BCUT2D eigenvalue weighted by molar-refractivity contribution is 0.0768. The first-order chi connectivity index (χ1) is 13.0. The zero-order valence-electron chi connectivity index (χ0n) is 15.8. The van der Waals surface area contributed by atoms with Crippen molar-refractivity contribution in [2.75, 3.05) is 33.8 Å². The van der Waals surface area contributed by atoms with Gasteiger partial charge >= 0.3 is 0 Å². The Bertz CT molecular complexity index is 859. The summed E-state index contributed by atoms with van der Waals surface area (Å²) in [5, 5.41) is 0.880. The molecule has 0 saturated carbocycles. The molecule has 0 bridgehead atoms. The van der Waals surface area contributed by atoms with Crippen LogP contribution in [0.5, 0.6) is 5.75 Å². The predicted molar refractivity (Wildman–Crippen MR) is 115 cm³/mol. The number of likely N-dealkylation sites (tertiary alicyclic amines) is 2. The number of carbonyl (C=O) groups is 1. The van der Waals surface area contributed by atoms with Gasteiger partial charge < -0.3 is 9.64 Å². The van der Waals surface area contributed by atoms with Crippen LogP contribution in [0.3, 0.4) is 0 Å². The topological polar surface area (TPSA) is 32.8 Å². The van der Waals surface area contributed by atoms with Gasteiger partial charge in [0.05, 0.1) is 17.2 Å². The van der Waals surface area contributed by atoms with Crippen LogP contribution in [0.2, 0.25) is 10.0 Å². The highest BCUT2D eigenvalue weighted by Crippen LogP contribution is 2.44. The lowest BCUT2D eigenvalue weighted by atomic mass is 9.89. The van der Waals surface area contributed by atoms with E-state index in [2.05, 4.69) is 24.1 Å². The molecule has 0 spiro atoms. The molecule has 0 radical (unpaired) electrons. The van der Waals surface area contributed by atoms with Gasteiger partial charge in [-0.3, -0.25) is 9.69 Å². The van der Waals surface area contributed by atoms with Crippen LogP contribution < -0.4 is 4.74 Å². The number of carbonyl (C=O) groups excluding carboxylic acids is 1. The first-order valence-electron chi connectivity index (χ1n) is 9.06. The first kappa shape index (κ1) is 21.3. The number of hydrogen-bond acceptors (Lipinski definition) is 3. The molecule has 1 amide bonds. The van der Waals surface area contributed by atoms with Crippen molar-refractivity contribution in [3.05, 3.63) is 63.6 Å². The van der Waals surface area contributed by atoms with E-state index in [1.807, 2.05) is 17.0 Å². The highest BCUT2D eigenvalue weighted by molar-refractivity contribution is 6.42. The van der Waals surface area contributed by atoms with Crippen molar-refractivity contribution < 1.29 is 9.53 Å². The number of nitrogens with zero attached hydrogens (tertiary/aromatic N) is 2. The standard InChI is InChI=1S/C21H22Cl2N2O2.ClH/c1-24-10-15-11-25(21(26)14-5-8-18(22)19(23)9-14)12-17(15)20(24)13-3-6-16(27-2)7-4-13;/h3-9,15,17,20H,10-12H2,1-2H3;1H/t15-,17+,20-;/m0./s1. The normalized spacial score (nSPS) is 24.0. The van der Waals surface area contributed by atoms with Crippen molar-refractivity contribution in [3.8, 4) is 5.75 Å². The average Bonchev–Trinajstić information content (AvgIpc) is 3.20. The lowest BCUT2D eigenvalue weighted by Gasteiger charge is -2.27. The summed E-state index contributed by atoms with van der Waals surface area (Å²) in [6.07, 6.45) is 0. The van der Waals surface area contributed by atoms with Crippen molar-refractivity contribution in [1.29, 1.82) is 0 Å². The minimum Gasteiger partial charge on any atom is -0.497 e. The molecule has 4 nitrogen and oxygen atoms in total. The molecular weight excluding hydrogens is 419 g/mol. The largest absolute Gasteiger partial charge is 0.497 e. The van der Waals surface area contributed by atoms with E-state index < -0.39 is 0 Å². The van der Waals surface area contributed by atoms with E-state index in [1.165, 1.54) is 5.56 Å². The molecule has 2 aromatic rings. The Labute approximate surface area is 181 Å². The molecule has 7 heteroatoms. The summed E-state index contributed by atoms with van der Waals surface area (Å²) in [4.78, 5) is 17.3. The number of halogens is 3. The Morgan fingerprint density at radius 3 is 2.39 bits per heavy atom. The first-order valence-corrected chi connectivity index (χ1v) is 9.82. The van der Waals surface area contributed by atoms with Crippen LogP contribution in [0.15, 0.2) is 42.5 Å². The van der Waals surface area contributed by atoms with E-state index in [0.29, 0.717) is 33.5 Å². The van der Waals surface area contributed by atoms with Crippen molar-refractivity contribution in [2.45, 2.75) is 6.04 Å². The van der Waals surface area contributed by atoms with Crippen molar-refractivity contribution >= 4 is 41.5 Å². The summed E-state index contributed by atoms with van der Waals surface area (Å²) < 4.78 is 5.27. The smallest absolute Gasteiger partial charge is 0.253 e. The molecule has 3 atom stereocenters. The monoisotopic (exact) mass is 440 g/mol. The van der Waals surface area contributed by atoms with E-state index >= 15 is 0 Å². The quantitative estimate of drug-likeness (QED) is 0.686. The van der Waals surface area contributed by atoms with E-state index in [9.17, 15) is 4.79 Å². The highest BCUT2D eigenvalue weighted by Gasteiger charge is 2.47. The fourth-order valence-electron chi connectivity index (χ4n) is 4.54. The molecule has 0 unspecified atom stereocenters. The van der Waals surface area contributed by atoms with Crippen molar-refractivity contribution in [1.82, 2.24) is 9.80 Å². The van der Waals surface area contributed by atoms with Crippen LogP contribution in [0.25, 0.3) is 0 Å². The molecule has 2 saturated heterocycles. The molecule has 2 heterocycles. The molecule has 2 fully saturated rings. The molecule has 28 heavy (non-hydrogen) atoms. The van der Waals surface area contributed by atoms with E-state index in [0.717, 1.165) is 25.4 Å². The maximum absolute atomic E-state index is 12.9. The van der Waals surface area contributed by atoms with Crippen LogP contribution >= 0.6 is 35.6 Å². The Hall–Kier alpha value is -1.46. The zero-order valence-corrected chi connectivity index (χ0v) is 18.1. The maximum atomic E-state index is 12.9. The molecule has 0 aromatic heterocycles. The number of methoxy groups -OCH3 is 1. The second-order valence-electron chi connectivity index (χ2n) is 7.42. The lowest BCUT2D eigenvalue weighted by Crippen LogP contribution is -2.33. The van der Waals surface area contributed by atoms with Gasteiger partial charge in [0.25, 0.3) is 5.91 Å². The van der Waals surface area contributed by atoms with Gasteiger partial charge in [0, 0.05) is 37.2 Å². The molecule has 150 valence electrons. The van der Waals surface area contributed by atoms with E-state index in [1.54, 1.807) is 25.3 Å².